The summed E-state index contributed by atoms with van der Waals surface area (Å²) >= 11 is 0. The summed E-state index contributed by atoms with van der Waals surface area (Å²) in [5.41, 5.74) is 0. The van der Waals surface area contributed by atoms with Crippen molar-refractivity contribution >= 4 is 0 Å². The van der Waals surface area contributed by atoms with Crippen LogP contribution < -0.4 is 5.32 Å². The Hall–Kier alpha value is -0.0800. The average Bonchev–Trinajstić information content (AvgIpc) is 2.66. The van der Waals surface area contributed by atoms with Crippen molar-refractivity contribution < 1.29 is 0 Å². The second kappa shape index (κ2) is 7.64. The summed E-state index contributed by atoms with van der Waals surface area (Å²) in [6.07, 6.45) is 12.7. The Bertz CT molecular complexity index is 240. The van der Waals surface area contributed by atoms with Crippen molar-refractivity contribution in [3.05, 3.63) is 0 Å². The zero-order valence-corrected chi connectivity index (χ0v) is 13.3. The summed E-state index contributed by atoms with van der Waals surface area (Å²) in [5.74, 6) is 0. The largest absolute Gasteiger partial charge is 0.314 e. The number of hydrogen-bond acceptors (Lipinski definition) is 2. The SMILES string of the molecule is CCCCC(CCC)N1C2CCC1CC(NCC)C2. The van der Waals surface area contributed by atoms with Crippen molar-refractivity contribution in [3.63, 3.8) is 0 Å². The van der Waals surface area contributed by atoms with Gasteiger partial charge in [-0.15, -0.1) is 0 Å². The fourth-order valence-corrected chi connectivity index (χ4v) is 4.48. The van der Waals surface area contributed by atoms with Gasteiger partial charge in [-0.05, 0) is 45.1 Å². The number of nitrogens with zero attached hydrogens (tertiary/aromatic N) is 1. The van der Waals surface area contributed by atoms with E-state index in [0.717, 1.165) is 30.7 Å². The molecule has 2 aliphatic heterocycles. The van der Waals surface area contributed by atoms with Gasteiger partial charge in [0.05, 0.1) is 0 Å². The Labute approximate surface area is 120 Å². The van der Waals surface area contributed by atoms with E-state index < -0.39 is 0 Å². The van der Waals surface area contributed by atoms with Crippen molar-refractivity contribution in [2.24, 2.45) is 0 Å². The van der Waals surface area contributed by atoms with Gasteiger partial charge in [-0.25, -0.2) is 0 Å². The predicted octanol–water partition coefficient (Wildman–Crippen LogP) is 3.95. The molecule has 19 heavy (non-hydrogen) atoms. The van der Waals surface area contributed by atoms with Crippen LogP contribution in [0.15, 0.2) is 0 Å². The van der Waals surface area contributed by atoms with E-state index in [2.05, 4.69) is 31.0 Å². The molecule has 1 N–H and O–H groups in total. The van der Waals surface area contributed by atoms with Crippen LogP contribution in [0.25, 0.3) is 0 Å². The highest BCUT2D eigenvalue weighted by Gasteiger charge is 2.42. The third-order valence-electron chi connectivity index (χ3n) is 5.22. The molecule has 0 aliphatic carbocycles. The number of hydrogen-bond donors (Lipinski definition) is 1. The van der Waals surface area contributed by atoms with Gasteiger partial charge in [0.15, 0.2) is 0 Å². The van der Waals surface area contributed by atoms with Crippen LogP contribution in [0.2, 0.25) is 0 Å². The molecule has 2 heteroatoms. The maximum Gasteiger partial charge on any atom is 0.0116 e. The highest BCUT2D eigenvalue weighted by atomic mass is 15.3. The number of fused-ring (bicyclic) bond motifs is 2. The Balaban J connectivity index is 1.95. The Morgan fingerprint density at radius 2 is 1.68 bits per heavy atom. The molecule has 2 aliphatic rings. The van der Waals surface area contributed by atoms with Gasteiger partial charge in [0, 0.05) is 24.2 Å². The van der Waals surface area contributed by atoms with Crippen LogP contribution in [0.1, 0.15) is 78.6 Å². The number of piperidine rings is 1. The molecule has 2 rings (SSSR count). The van der Waals surface area contributed by atoms with Crippen molar-refractivity contribution in [2.45, 2.75) is 103 Å². The van der Waals surface area contributed by atoms with Crippen molar-refractivity contribution in [1.82, 2.24) is 10.2 Å². The quantitative estimate of drug-likeness (QED) is 0.715. The van der Waals surface area contributed by atoms with Gasteiger partial charge in [-0.3, -0.25) is 4.90 Å². The van der Waals surface area contributed by atoms with E-state index >= 15 is 0 Å². The summed E-state index contributed by atoms with van der Waals surface area (Å²) < 4.78 is 0. The predicted molar refractivity (Wildman–Crippen MR) is 83.6 cm³/mol. The third kappa shape index (κ3) is 3.72. The smallest absolute Gasteiger partial charge is 0.0116 e. The van der Waals surface area contributed by atoms with E-state index in [1.807, 2.05) is 0 Å². The zero-order chi connectivity index (χ0) is 13.7. The van der Waals surface area contributed by atoms with Crippen molar-refractivity contribution in [1.29, 1.82) is 0 Å². The summed E-state index contributed by atoms with van der Waals surface area (Å²) in [6.45, 7) is 8.06. The molecular formula is C17H34N2. The molecule has 2 fully saturated rings. The molecule has 2 heterocycles. The third-order valence-corrected chi connectivity index (χ3v) is 5.22. The molecular weight excluding hydrogens is 232 g/mol. The van der Waals surface area contributed by atoms with Crippen LogP contribution in [0, 0.1) is 0 Å². The molecule has 0 aromatic carbocycles. The first-order valence-corrected chi connectivity index (χ1v) is 8.80. The molecule has 2 bridgehead atoms. The minimum atomic E-state index is 0.798. The minimum absolute atomic E-state index is 0.798. The van der Waals surface area contributed by atoms with Gasteiger partial charge in [0.1, 0.15) is 0 Å². The van der Waals surface area contributed by atoms with E-state index in [1.165, 1.54) is 57.8 Å². The van der Waals surface area contributed by atoms with E-state index in [9.17, 15) is 0 Å². The van der Waals surface area contributed by atoms with Gasteiger partial charge >= 0.3 is 0 Å². The van der Waals surface area contributed by atoms with Gasteiger partial charge in [0.25, 0.3) is 0 Å². The van der Waals surface area contributed by atoms with Crippen LogP contribution in [0.3, 0.4) is 0 Å². The summed E-state index contributed by atoms with van der Waals surface area (Å²) in [4.78, 5) is 2.95. The maximum atomic E-state index is 3.69. The molecule has 112 valence electrons. The van der Waals surface area contributed by atoms with Gasteiger partial charge in [0.2, 0.25) is 0 Å². The molecule has 2 saturated heterocycles. The van der Waals surface area contributed by atoms with Crippen molar-refractivity contribution in [3.8, 4) is 0 Å². The molecule has 2 nitrogen and oxygen atoms in total. The monoisotopic (exact) mass is 266 g/mol. The molecule has 3 atom stereocenters. The second-order valence-electron chi connectivity index (χ2n) is 6.64. The molecule has 0 amide bonds. The van der Waals surface area contributed by atoms with Gasteiger partial charge < -0.3 is 5.32 Å². The summed E-state index contributed by atoms with van der Waals surface area (Å²) in [5, 5.41) is 3.69. The van der Waals surface area contributed by atoms with E-state index in [-0.39, 0.29) is 0 Å². The van der Waals surface area contributed by atoms with E-state index in [1.54, 1.807) is 0 Å². The van der Waals surface area contributed by atoms with E-state index in [0.29, 0.717) is 0 Å². The average molecular weight is 266 g/mol. The lowest BCUT2D eigenvalue weighted by atomic mass is 9.92. The standard InChI is InChI=1S/C17H34N2/c1-4-7-9-15(8-5-2)19-16-10-11-17(19)13-14(12-16)18-6-3/h14-18H,4-13H2,1-3H3. The first-order valence-electron chi connectivity index (χ1n) is 8.80. The van der Waals surface area contributed by atoms with Crippen LogP contribution in [-0.2, 0) is 0 Å². The highest BCUT2D eigenvalue weighted by Crippen LogP contribution is 2.39. The Morgan fingerprint density at radius 3 is 2.21 bits per heavy atom. The van der Waals surface area contributed by atoms with Crippen LogP contribution in [-0.4, -0.2) is 35.6 Å². The molecule has 0 spiro atoms. The number of rotatable bonds is 8. The lowest BCUT2D eigenvalue weighted by Gasteiger charge is -2.44. The zero-order valence-electron chi connectivity index (χ0n) is 13.3. The first-order chi connectivity index (χ1) is 9.30. The maximum absolute atomic E-state index is 3.69. The Kier molecular flexibility index (Phi) is 6.15. The van der Waals surface area contributed by atoms with Crippen LogP contribution in [0.4, 0.5) is 0 Å². The lowest BCUT2D eigenvalue weighted by Crippen LogP contribution is -2.53. The lowest BCUT2D eigenvalue weighted by molar-refractivity contribution is 0.0600. The molecule has 3 unspecified atom stereocenters. The first kappa shape index (κ1) is 15.3. The normalized spacial score (nSPS) is 32.7. The Morgan fingerprint density at radius 1 is 1.00 bits per heavy atom. The van der Waals surface area contributed by atoms with Crippen LogP contribution in [0.5, 0.6) is 0 Å². The molecule has 0 aromatic rings. The summed E-state index contributed by atoms with van der Waals surface area (Å²) in [7, 11) is 0. The summed E-state index contributed by atoms with van der Waals surface area (Å²) in [6, 6.07) is 3.45. The molecule has 0 aromatic heterocycles. The fourth-order valence-electron chi connectivity index (χ4n) is 4.48. The number of unbranched alkanes of at least 4 members (excludes halogenated alkanes) is 1. The topological polar surface area (TPSA) is 15.3 Å². The number of nitrogens with one attached hydrogen (secondary N) is 1. The molecule has 0 radical (unpaired) electrons. The van der Waals surface area contributed by atoms with Crippen LogP contribution >= 0.6 is 0 Å². The highest BCUT2D eigenvalue weighted by molar-refractivity contribution is 4.99. The van der Waals surface area contributed by atoms with Gasteiger partial charge in [-0.1, -0.05) is 40.0 Å². The van der Waals surface area contributed by atoms with E-state index in [4.69, 9.17) is 0 Å². The van der Waals surface area contributed by atoms with Crippen molar-refractivity contribution in [2.75, 3.05) is 6.54 Å². The van der Waals surface area contributed by atoms with Gasteiger partial charge in [-0.2, -0.15) is 0 Å². The molecule has 0 saturated carbocycles. The fraction of sp³-hybridized carbons (Fsp3) is 1.00. The minimum Gasteiger partial charge on any atom is -0.314 e. The second-order valence-corrected chi connectivity index (χ2v) is 6.64.